The maximum atomic E-state index is 14.0. The Morgan fingerprint density at radius 1 is 1.31 bits per heavy atom. The maximum absolute atomic E-state index is 14.0. The van der Waals surface area contributed by atoms with Crippen molar-refractivity contribution in [3.8, 4) is 0 Å². The van der Waals surface area contributed by atoms with E-state index in [1.807, 2.05) is 12.1 Å². The van der Waals surface area contributed by atoms with Crippen LogP contribution in [0.25, 0.3) is 0 Å². The highest BCUT2D eigenvalue weighted by Gasteiger charge is 2.18. The molecule has 2 rings (SSSR count). The van der Waals surface area contributed by atoms with E-state index in [0.717, 1.165) is 26.2 Å². The lowest BCUT2D eigenvalue weighted by Crippen LogP contribution is -2.44. The highest BCUT2D eigenvalue weighted by atomic mass is 35.5. The minimum atomic E-state index is -0.994. The molecular formula is C12H16ClFN2. The van der Waals surface area contributed by atoms with Gasteiger partial charge in [0.05, 0.1) is 0 Å². The molecule has 0 saturated carbocycles. The molecule has 2 nitrogen and oxygen atoms in total. The van der Waals surface area contributed by atoms with Crippen LogP contribution in [0.2, 0.25) is 5.02 Å². The van der Waals surface area contributed by atoms with E-state index in [9.17, 15) is 4.39 Å². The molecule has 1 aromatic rings. The van der Waals surface area contributed by atoms with Crippen LogP contribution in [0.15, 0.2) is 24.3 Å². The lowest BCUT2D eigenvalue weighted by molar-refractivity contribution is 0.175. The molecule has 0 spiro atoms. The Labute approximate surface area is 100 Å². The van der Waals surface area contributed by atoms with Gasteiger partial charge in [0.1, 0.15) is 6.17 Å². The van der Waals surface area contributed by atoms with Crippen LogP contribution in [-0.2, 0) is 0 Å². The van der Waals surface area contributed by atoms with Gasteiger partial charge in [-0.25, -0.2) is 4.39 Å². The van der Waals surface area contributed by atoms with Crippen molar-refractivity contribution in [3.05, 3.63) is 34.9 Å². The number of alkyl halides is 1. The van der Waals surface area contributed by atoms with Crippen molar-refractivity contribution in [2.24, 2.45) is 0 Å². The molecule has 0 aliphatic carbocycles. The molecule has 0 amide bonds. The third kappa shape index (κ3) is 2.94. The second-order valence-corrected chi connectivity index (χ2v) is 4.45. The number of piperazine rings is 1. The molecule has 1 atom stereocenters. The first-order valence-corrected chi connectivity index (χ1v) is 5.97. The van der Waals surface area contributed by atoms with Gasteiger partial charge in [-0.15, -0.1) is 0 Å². The van der Waals surface area contributed by atoms with Gasteiger partial charge in [0.25, 0.3) is 0 Å². The number of benzene rings is 1. The Morgan fingerprint density at radius 2 is 2.00 bits per heavy atom. The quantitative estimate of drug-likeness (QED) is 0.875. The Hall–Kier alpha value is -0.640. The van der Waals surface area contributed by atoms with E-state index >= 15 is 0 Å². The molecule has 1 saturated heterocycles. The summed E-state index contributed by atoms with van der Waals surface area (Å²) in [6.45, 7) is 4.13. The maximum Gasteiger partial charge on any atom is 0.139 e. The number of hydrogen-bond acceptors (Lipinski definition) is 2. The highest BCUT2D eigenvalue weighted by molar-refractivity contribution is 6.31. The number of nitrogens with zero attached hydrogens (tertiary/aromatic N) is 1. The van der Waals surface area contributed by atoms with Crippen molar-refractivity contribution in [2.45, 2.75) is 6.17 Å². The van der Waals surface area contributed by atoms with E-state index in [2.05, 4.69) is 10.2 Å². The smallest absolute Gasteiger partial charge is 0.139 e. The zero-order valence-corrected chi connectivity index (χ0v) is 9.88. The van der Waals surface area contributed by atoms with Crippen molar-refractivity contribution < 1.29 is 4.39 Å². The van der Waals surface area contributed by atoms with Gasteiger partial charge >= 0.3 is 0 Å². The number of hydrogen-bond donors (Lipinski definition) is 1. The molecule has 1 aromatic carbocycles. The summed E-state index contributed by atoms with van der Waals surface area (Å²) < 4.78 is 14.0. The Balaban J connectivity index is 1.96. The SMILES string of the molecule is F[C@H](CN1CCNCC1)c1ccccc1Cl. The molecule has 16 heavy (non-hydrogen) atoms. The molecule has 1 aliphatic heterocycles. The third-order valence-electron chi connectivity index (χ3n) is 2.87. The van der Waals surface area contributed by atoms with E-state index in [1.165, 1.54) is 0 Å². The van der Waals surface area contributed by atoms with Gasteiger partial charge in [-0.2, -0.15) is 0 Å². The zero-order valence-electron chi connectivity index (χ0n) is 9.13. The van der Waals surface area contributed by atoms with Gasteiger partial charge in [0.2, 0.25) is 0 Å². The van der Waals surface area contributed by atoms with Gasteiger partial charge < -0.3 is 5.32 Å². The van der Waals surface area contributed by atoms with Crippen LogP contribution in [0, 0.1) is 0 Å². The summed E-state index contributed by atoms with van der Waals surface area (Å²) in [6, 6.07) is 7.14. The first-order valence-electron chi connectivity index (χ1n) is 5.59. The Morgan fingerprint density at radius 3 is 2.69 bits per heavy atom. The summed E-state index contributed by atoms with van der Waals surface area (Å²) in [5.74, 6) is 0. The van der Waals surface area contributed by atoms with Gasteiger partial charge in [-0.05, 0) is 6.07 Å². The van der Waals surface area contributed by atoms with Crippen molar-refractivity contribution in [3.63, 3.8) is 0 Å². The summed E-state index contributed by atoms with van der Waals surface area (Å²) in [6.07, 6.45) is -0.994. The summed E-state index contributed by atoms with van der Waals surface area (Å²) in [5, 5.41) is 3.77. The van der Waals surface area contributed by atoms with Crippen LogP contribution in [0.4, 0.5) is 4.39 Å². The lowest BCUT2D eigenvalue weighted by atomic mass is 10.1. The predicted octanol–water partition coefficient (Wildman–Crippen LogP) is 2.26. The number of rotatable bonds is 3. The fraction of sp³-hybridized carbons (Fsp3) is 0.500. The standard InChI is InChI=1S/C12H16ClFN2/c13-11-4-2-1-3-10(11)12(14)9-16-7-5-15-6-8-16/h1-4,12,15H,5-9H2/t12-/m1/s1. The summed E-state index contributed by atoms with van der Waals surface area (Å²) in [5.41, 5.74) is 0.600. The summed E-state index contributed by atoms with van der Waals surface area (Å²) >= 11 is 5.97. The van der Waals surface area contributed by atoms with Gasteiger partial charge in [0.15, 0.2) is 0 Å². The van der Waals surface area contributed by atoms with Crippen LogP contribution in [0.1, 0.15) is 11.7 Å². The molecule has 1 heterocycles. The third-order valence-corrected chi connectivity index (χ3v) is 3.21. The van der Waals surface area contributed by atoms with Crippen molar-refractivity contribution >= 4 is 11.6 Å². The van der Waals surface area contributed by atoms with E-state index in [1.54, 1.807) is 12.1 Å². The minimum absolute atomic E-state index is 0.436. The topological polar surface area (TPSA) is 15.3 Å². The average molecular weight is 243 g/mol. The summed E-state index contributed by atoms with van der Waals surface area (Å²) in [4.78, 5) is 2.13. The molecule has 4 heteroatoms. The molecule has 1 fully saturated rings. The van der Waals surface area contributed by atoms with Crippen LogP contribution in [-0.4, -0.2) is 37.6 Å². The highest BCUT2D eigenvalue weighted by Crippen LogP contribution is 2.26. The molecule has 0 unspecified atom stereocenters. The monoisotopic (exact) mass is 242 g/mol. The minimum Gasteiger partial charge on any atom is -0.314 e. The van der Waals surface area contributed by atoms with E-state index in [0.29, 0.717) is 17.1 Å². The zero-order chi connectivity index (χ0) is 11.4. The second kappa shape index (κ2) is 5.62. The fourth-order valence-corrected chi connectivity index (χ4v) is 2.20. The molecule has 1 aliphatic rings. The molecular weight excluding hydrogens is 227 g/mol. The first kappa shape index (κ1) is 11.8. The van der Waals surface area contributed by atoms with Gasteiger partial charge in [-0.3, -0.25) is 4.90 Å². The van der Waals surface area contributed by atoms with Crippen LogP contribution >= 0.6 is 11.6 Å². The second-order valence-electron chi connectivity index (χ2n) is 4.04. The molecule has 0 bridgehead atoms. The normalized spacial score (nSPS) is 19.6. The van der Waals surface area contributed by atoms with Crippen molar-refractivity contribution in [1.29, 1.82) is 0 Å². The molecule has 88 valence electrons. The van der Waals surface area contributed by atoms with Crippen LogP contribution in [0.3, 0.4) is 0 Å². The van der Waals surface area contributed by atoms with Gasteiger partial charge in [-0.1, -0.05) is 29.8 Å². The van der Waals surface area contributed by atoms with Crippen LogP contribution < -0.4 is 5.32 Å². The van der Waals surface area contributed by atoms with E-state index < -0.39 is 6.17 Å². The predicted molar refractivity (Wildman–Crippen MR) is 64.6 cm³/mol. The van der Waals surface area contributed by atoms with Gasteiger partial charge in [0, 0.05) is 43.3 Å². The van der Waals surface area contributed by atoms with E-state index in [-0.39, 0.29) is 0 Å². The van der Waals surface area contributed by atoms with E-state index in [4.69, 9.17) is 11.6 Å². The molecule has 1 N–H and O–H groups in total. The molecule has 0 radical (unpaired) electrons. The Bertz CT molecular complexity index is 340. The molecule has 0 aromatic heterocycles. The van der Waals surface area contributed by atoms with Crippen molar-refractivity contribution in [1.82, 2.24) is 10.2 Å². The number of halogens is 2. The number of nitrogens with one attached hydrogen (secondary N) is 1. The first-order chi connectivity index (χ1) is 7.77. The van der Waals surface area contributed by atoms with Crippen LogP contribution in [0.5, 0.6) is 0 Å². The summed E-state index contributed by atoms with van der Waals surface area (Å²) in [7, 11) is 0. The Kier molecular flexibility index (Phi) is 4.16. The average Bonchev–Trinajstić information content (AvgIpc) is 2.31. The van der Waals surface area contributed by atoms with Crippen molar-refractivity contribution in [2.75, 3.05) is 32.7 Å². The largest absolute Gasteiger partial charge is 0.314 e. The lowest BCUT2D eigenvalue weighted by Gasteiger charge is -2.28. The fourth-order valence-electron chi connectivity index (χ4n) is 1.95.